The van der Waals surface area contributed by atoms with Crippen molar-refractivity contribution in [3.8, 4) is 5.75 Å². The molecule has 0 radical (unpaired) electrons. The number of hydrogen-bond acceptors (Lipinski definition) is 14. The van der Waals surface area contributed by atoms with Gasteiger partial charge in [0.1, 0.15) is 12.4 Å². The fraction of sp³-hybridized carbons (Fsp3) is 0.721. The summed E-state index contributed by atoms with van der Waals surface area (Å²) in [5, 5.41) is 0. The molecule has 0 heterocycles. The van der Waals surface area contributed by atoms with E-state index >= 15 is 0 Å². The second kappa shape index (κ2) is 37.7. The van der Waals surface area contributed by atoms with Crippen LogP contribution in [0.25, 0.3) is 0 Å². The number of ether oxygens (including phenoxy) is 11. The summed E-state index contributed by atoms with van der Waals surface area (Å²) in [4.78, 5) is 0.128. The molecule has 14 nitrogen and oxygen atoms in total. The van der Waals surface area contributed by atoms with E-state index in [0.717, 1.165) is 17.7 Å². The van der Waals surface area contributed by atoms with Crippen LogP contribution in [-0.2, 0) is 68.1 Å². The topological polar surface area (TPSA) is 145 Å². The van der Waals surface area contributed by atoms with Crippen molar-refractivity contribution < 1.29 is 64.7 Å². The molecule has 0 aliphatic carbocycles. The van der Waals surface area contributed by atoms with Crippen molar-refractivity contribution in [3.05, 3.63) is 59.7 Å². The second-order valence-corrected chi connectivity index (χ2v) is 14.8. The van der Waals surface area contributed by atoms with Gasteiger partial charge in [-0.15, -0.1) is 0 Å². The van der Waals surface area contributed by atoms with Crippen LogP contribution in [0.5, 0.6) is 5.75 Å². The van der Waals surface area contributed by atoms with Crippen molar-refractivity contribution in [1.82, 2.24) is 0 Å². The molecule has 0 unspecified atom stereocenters. The van der Waals surface area contributed by atoms with Crippen molar-refractivity contribution >= 4 is 10.1 Å². The monoisotopic (exact) mass is 844 g/mol. The van der Waals surface area contributed by atoms with Crippen LogP contribution in [-0.4, -0.2) is 154 Å². The molecule has 0 saturated heterocycles. The van der Waals surface area contributed by atoms with E-state index in [-0.39, 0.29) is 18.1 Å². The first-order valence-electron chi connectivity index (χ1n) is 21.0. The summed E-state index contributed by atoms with van der Waals surface area (Å²) in [5.41, 5.74) is 2.35. The van der Waals surface area contributed by atoms with Crippen LogP contribution >= 0.6 is 0 Å². The van der Waals surface area contributed by atoms with Crippen molar-refractivity contribution in [1.29, 1.82) is 0 Å². The van der Waals surface area contributed by atoms with Gasteiger partial charge in [-0.1, -0.05) is 68.9 Å². The molecule has 0 amide bonds. The Morgan fingerprint density at radius 2 is 0.741 bits per heavy atom. The molecule has 0 bridgehead atoms. The van der Waals surface area contributed by atoms with Crippen molar-refractivity contribution in [2.75, 3.05) is 145 Å². The highest BCUT2D eigenvalue weighted by molar-refractivity contribution is 7.86. The van der Waals surface area contributed by atoms with E-state index in [4.69, 9.17) is 56.3 Å². The molecule has 2 aromatic carbocycles. The first-order valence-corrected chi connectivity index (χ1v) is 22.4. The highest BCUT2D eigenvalue weighted by atomic mass is 32.2. The molecule has 0 fully saturated rings. The van der Waals surface area contributed by atoms with E-state index in [9.17, 15) is 8.42 Å². The van der Waals surface area contributed by atoms with Gasteiger partial charge < -0.3 is 52.1 Å². The molecule has 0 aliphatic heterocycles. The van der Waals surface area contributed by atoms with E-state index in [1.807, 2.05) is 19.1 Å². The summed E-state index contributed by atoms with van der Waals surface area (Å²) in [6.45, 7) is 13.7. The molecule has 2 aromatic rings. The molecule has 0 atom stereocenters. The average Bonchev–Trinajstić information content (AvgIpc) is 3.23. The summed E-state index contributed by atoms with van der Waals surface area (Å²) in [6.07, 6.45) is 9.05. The minimum absolute atomic E-state index is 0.0604. The van der Waals surface area contributed by atoms with Crippen LogP contribution in [0.3, 0.4) is 0 Å². The van der Waals surface area contributed by atoms with Crippen LogP contribution in [0.15, 0.2) is 53.4 Å². The molecule has 0 spiro atoms. The predicted molar refractivity (Wildman–Crippen MR) is 222 cm³/mol. The minimum Gasteiger partial charge on any atom is -0.491 e. The van der Waals surface area contributed by atoms with Gasteiger partial charge >= 0.3 is 0 Å². The first kappa shape index (κ1) is 51.9. The van der Waals surface area contributed by atoms with Gasteiger partial charge in [-0.2, -0.15) is 8.42 Å². The third-order valence-corrected chi connectivity index (χ3v) is 9.69. The van der Waals surface area contributed by atoms with E-state index in [1.165, 1.54) is 56.2 Å². The van der Waals surface area contributed by atoms with E-state index in [0.29, 0.717) is 132 Å². The Balaban J connectivity index is 1.18. The minimum atomic E-state index is -3.78. The summed E-state index contributed by atoms with van der Waals surface area (Å²) < 4.78 is 89.9. The molecular weight excluding hydrogens is 773 g/mol. The van der Waals surface area contributed by atoms with Gasteiger partial charge in [0.2, 0.25) is 0 Å². The summed E-state index contributed by atoms with van der Waals surface area (Å²) in [5.74, 6) is 0.878. The third-order valence-electron chi connectivity index (χ3n) is 8.36. The molecule has 0 aliphatic rings. The number of aryl methyl sites for hydroxylation is 2. The maximum atomic E-state index is 12.1. The summed E-state index contributed by atoms with van der Waals surface area (Å²) in [6, 6.07) is 14.9. The Hall–Kier alpha value is -2.25. The molecule has 0 aromatic heterocycles. The van der Waals surface area contributed by atoms with Gasteiger partial charge in [-0.05, 0) is 49.6 Å². The van der Waals surface area contributed by atoms with Crippen molar-refractivity contribution in [3.63, 3.8) is 0 Å². The highest BCUT2D eigenvalue weighted by Gasteiger charge is 2.14. The van der Waals surface area contributed by atoms with E-state index < -0.39 is 10.1 Å². The number of benzene rings is 2. The van der Waals surface area contributed by atoms with Crippen LogP contribution in [0, 0.1) is 6.92 Å². The Morgan fingerprint density at radius 3 is 1.14 bits per heavy atom. The van der Waals surface area contributed by atoms with Gasteiger partial charge in [0, 0.05) is 0 Å². The zero-order valence-corrected chi connectivity index (χ0v) is 36.1. The molecule has 334 valence electrons. The normalized spacial score (nSPS) is 11.8. The van der Waals surface area contributed by atoms with Crippen LogP contribution in [0.2, 0.25) is 0 Å². The van der Waals surface area contributed by atoms with E-state index in [2.05, 4.69) is 19.1 Å². The van der Waals surface area contributed by atoms with Crippen molar-refractivity contribution in [2.24, 2.45) is 0 Å². The zero-order valence-electron chi connectivity index (χ0n) is 35.2. The fourth-order valence-electron chi connectivity index (χ4n) is 5.14. The molecule has 2 rings (SSSR count). The lowest BCUT2D eigenvalue weighted by Crippen LogP contribution is -2.16. The SMILES string of the molecule is CCCCCCCCc1ccc(OCCOCCOCCOCCOCCOCCOCCOCCOCCOCCOCCOS(=O)(=O)c2ccc(C)cc2)cc1. The third kappa shape index (κ3) is 30.7. The van der Waals surface area contributed by atoms with Gasteiger partial charge in [-0.3, -0.25) is 4.18 Å². The largest absolute Gasteiger partial charge is 0.491 e. The molecular formula is C43H72O14S. The molecule has 0 N–H and O–H groups in total. The molecule has 0 saturated carbocycles. The Morgan fingerprint density at radius 1 is 0.397 bits per heavy atom. The maximum absolute atomic E-state index is 12.1. The van der Waals surface area contributed by atoms with Gasteiger partial charge in [0.05, 0.1) is 144 Å². The molecule has 15 heteroatoms. The van der Waals surface area contributed by atoms with Gasteiger partial charge in [-0.25, -0.2) is 0 Å². The Labute approximate surface area is 348 Å². The standard InChI is InChI=1S/C43H72O14S/c1-3-4-5-6-7-8-9-41-12-14-42(15-13-41)56-38-36-54-34-32-52-30-28-50-26-24-48-22-20-46-18-19-47-21-23-49-25-27-51-29-31-53-33-35-55-37-39-57-58(44,45)43-16-10-40(2)11-17-43/h10-17H,3-9,18-39H2,1-2H3. The lowest BCUT2D eigenvalue weighted by Gasteiger charge is -2.09. The first-order chi connectivity index (χ1) is 28.5. The number of unbranched alkanes of at least 4 members (excludes halogenated alkanes) is 5. The lowest BCUT2D eigenvalue weighted by molar-refractivity contribution is -0.0269. The quantitative estimate of drug-likeness (QED) is 0.0582. The maximum Gasteiger partial charge on any atom is 0.297 e. The summed E-state index contributed by atoms with van der Waals surface area (Å²) >= 11 is 0. The zero-order chi connectivity index (χ0) is 41.5. The molecule has 58 heavy (non-hydrogen) atoms. The Kier molecular flexibility index (Phi) is 33.8. The van der Waals surface area contributed by atoms with Crippen LogP contribution in [0.4, 0.5) is 0 Å². The lowest BCUT2D eigenvalue weighted by atomic mass is 10.0. The van der Waals surface area contributed by atoms with Crippen molar-refractivity contribution in [2.45, 2.75) is 63.7 Å². The van der Waals surface area contributed by atoms with Gasteiger partial charge in [0.25, 0.3) is 10.1 Å². The van der Waals surface area contributed by atoms with E-state index in [1.54, 1.807) is 12.1 Å². The number of rotatable bonds is 43. The average molecular weight is 845 g/mol. The smallest absolute Gasteiger partial charge is 0.297 e. The van der Waals surface area contributed by atoms with Crippen LogP contribution in [0.1, 0.15) is 56.6 Å². The number of hydrogen-bond donors (Lipinski definition) is 0. The van der Waals surface area contributed by atoms with Crippen LogP contribution < -0.4 is 4.74 Å². The highest BCUT2D eigenvalue weighted by Crippen LogP contribution is 2.15. The summed E-state index contributed by atoms with van der Waals surface area (Å²) in [7, 11) is -3.78. The predicted octanol–water partition coefficient (Wildman–Crippen LogP) is 5.85. The Bertz CT molecular complexity index is 1280. The van der Waals surface area contributed by atoms with Gasteiger partial charge in [0.15, 0.2) is 0 Å². The second-order valence-electron chi connectivity index (χ2n) is 13.2. The fourth-order valence-corrected chi connectivity index (χ4v) is 6.03.